The Bertz CT molecular complexity index is 555. The van der Waals surface area contributed by atoms with Crippen LogP contribution in [-0.4, -0.2) is 36.2 Å². The van der Waals surface area contributed by atoms with Crippen LogP contribution < -0.4 is 0 Å². The normalized spacial score (nSPS) is 11.9. The molecule has 0 bridgehead atoms. The molecule has 6 nitrogen and oxygen atoms in total. The number of hydrogen-bond acceptors (Lipinski definition) is 5. The second-order valence-corrected chi connectivity index (χ2v) is 8.55. The molecule has 0 amide bonds. The van der Waals surface area contributed by atoms with Crippen molar-refractivity contribution in [2.45, 2.75) is 110 Å². The number of carbonyl (C=O) groups excluding carboxylic acids is 2. The van der Waals surface area contributed by atoms with Crippen molar-refractivity contribution in [3.63, 3.8) is 0 Å². The van der Waals surface area contributed by atoms with E-state index in [1.165, 1.54) is 77.0 Å². The molecule has 0 aliphatic carbocycles. The number of hydrogen-bond donors (Lipinski definition) is 1. The molecule has 0 aliphatic rings. The highest BCUT2D eigenvalue weighted by Gasteiger charge is 2.19. The maximum atomic E-state index is 11.8. The van der Waals surface area contributed by atoms with E-state index in [1.807, 2.05) is 6.08 Å². The van der Waals surface area contributed by atoms with E-state index >= 15 is 0 Å². The summed E-state index contributed by atoms with van der Waals surface area (Å²) in [6.45, 7) is 5.33. The summed E-state index contributed by atoms with van der Waals surface area (Å²) in [6, 6.07) is 0. The van der Waals surface area contributed by atoms with Gasteiger partial charge in [0, 0.05) is 6.08 Å². The van der Waals surface area contributed by atoms with E-state index < -0.39 is 23.8 Å². The van der Waals surface area contributed by atoms with Crippen LogP contribution in [0.1, 0.15) is 110 Å². The first-order valence-electron chi connectivity index (χ1n) is 12.9. The minimum Gasteiger partial charge on any atom is -0.481 e. The van der Waals surface area contributed by atoms with Gasteiger partial charge in [0.2, 0.25) is 0 Å². The van der Waals surface area contributed by atoms with E-state index in [1.54, 1.807) is 6.08 Å². The minimum absolute atomic E-state index is 0.0801. The molecule has 0 heterocycles. The molecule has 0 fully saturated rings. The van der Waals surface area contributed by atoms with Crippen molar-refractivity contribution in [2.75, 3.05) is 13.2 Å². The Morgan fingerprint density at radius 1 is 0.788 bits per heavy atom. The highest BCUT2D eigenvalue weighted by molar-refractivity contribution is 5.81. The first-order chi connectivity index (χ1) is 16.0. The summed E-state index contributed by atoms with van der Waals surface area (Å²) in [4.78, 5) is 34.0. The molecule has 0 aromatic heterocycles. The summed E-state index contributed by atoms with van der Waals surface area (Å²) in [5.74, 6) is -3.18. The van der Waals surface area contributed by atoms with Crippen molar-refractivity contribution in [3.8, 4) is 0 Å². The summed E-state index contributed by atoms with van der Waals surface area (Å²) in [5, 5.41) is 9.28. The standard InChI is InChI=1S/C27H46O6/c1-3-5-6-7-8-9-10-11-12-13-14-15-16-17-18-19-20-24(27(30)31)23-26(29)33-22-21-32-25(28)4-2/h4,19-20,24H,2-3,5-18,21-23H2,1H3,(H,30,31)/b20-19+. The largest absolute Gasteiger partial charge is 0.481 e. The quantitative estimate of drug-likeness (QED) is 0.0773. The lowest BCUT2D eigenvalue weighted by Gasteiger charge is -2.08. The molecule has 33 heavy (non-hydrogen) atoms. The fourth-order valence-corrected chi connectivity index (χ4v) is 3.55. The van der Waals surface area contributed by atoms with E-state index in [4.69, 9.17) is 9.47 Å². The van der Waals surface area contributed by atoms with Crippen LogP contribution in [0, 0.1) is 5.92 Å². The molecule has 1 unspecified atom stereocenters. The molecule has 0 spiro atoms. The highest BCUT2D eigenvalue weighted by Crippen LogP contribution is 2.14. The summed E-state index contributed by atoms with van der Waals surface area (Å²) >= 11 is 0. The molecule has 1 N–H and O–H groups in total. The van der Waals surface area contributed by atoms with Crippen LogP contribution >= 0.6 is 0 Å². The lowest BCUT2D eigenvalue weighted by Crippen LogP contribution is -2.19. The lowest BCUT2D eigenvalue weighted by molar-refractivity contribution is -0.153. The van der Waals surface area contributed by atoms with Crippen molar-refractivity contribution >= 4 is 17.9 Å². The first-order valence-corrected chi connectivity index (χ1v) is 12.9. The molecule has 0 radical (unpaired) electrons. The van der Waals surface area contributed by atoms with Gasteiger partial charge < -0.3 is 14.6 Å². The van der Waals surface area contributed by atoms with Crippen molar-refractivity contribution in [1.82, 2.24) is 0 Å². The zero-order valence-electron chi connectivity index (χ0n) is 20.7. The van der Waals surface area contributed by atoms with Gasteiger partial charge in [0.05, 0.1) is 12.3 Å². The molecule has 0 aromatic carbocycles. The van der Waals surface area contributed by atoms with E-state index in [2.05, 4.69) is 13.5 Å². The Morgan fingerprint density at radius 2 is 1.27 bits per heavy atom. The minimum atomic E-state index is -1.05. The number of carboxylic acid groups (broad SMARTS) is 1. The smallest absolute Gasteiger partial charge is 0.330 e. The van der Waals surface area contributed by atoms with Gasteiger partial charge in [0.15, 0.2) is 0 Å². The van der Waals surface area contributed by atoms with Gasteiger partial charge >= 0.3 is 17.9 Å². The van der Waals surface area contributed by atoms with Gasteiger partial charge in [0.25, 0.3) is 0 Å². The van der Waals surface area contributed by atoms with Crippen LogP contribution in [0.2, 0.25) is 0 Å². The molecule has 0 aromatic rings. The van der Waals surface area contributed by atoms with Gasteiger partial charge in [-0.25, -0.2) is 4.79 Å². The number of allylic oxidation sites excluding steroid dienone is 1. The Labute approximate surface area is 200 Å². The number of esters is 2. The van der Waals surface area contributed by atoms with Gasteiger partial charge in [-0.1, -0.05) is 109 Å². The van der Waals surface area contributed by atoms with Crippen LogP contribution in [0.15, 0.2) is 24.8 Å². The molecular weight excluding hydrogens is 420 g/mol. The summed E-state index contributed by atoms with van der Waals surface area (Å²) in [6.07, 6.45) is 23.3. The molecule has 1 atom stereocenters. The van der Waals surface area contributed by atoms with Gasteiger partial charge in [-0.3, -0.25) is 9.59 Å². The van der Waals surface area contributed by atoms with Crippen LogP contribution in [0.5, 0.6) is 0 Å². The van der Waals surface area contributed by atoms with Crippen molar-refractivity contribution in [2.24, 2.45) is 5.92 Å². The van der Waals surface area contributed by atoms with Crippen molar-refractivity contribution in [1.29, 1.82) is 0 Å². The molecule has 0 rings (SSSR count). The Morgan fingerprint density at radius 3 is 1.76 bits per heavy atom. The van der Waals surface area contributed by atoms with E-state index in [0.29, 0.717) is 0 Å². The topological polar surface area (TPSA) is 89.9 Å². The number of aliphatic carboxylic acids is 1. The first kappa shape index (κ1) is 30.9. The number of ether oxygens (including phenoxy) is 2. The average Bonchev–Trinajstić information content (AvgIpc) is 2.80. The zero-order chi connectivity index (χ0) is 24.6. The lowest BCUT2D eigenvalue weighted by atomic mass is 10.0. The summed E-state index contributed by atoms with van der Waals surface area (Å²) in [5.41, 5.74) is 0. The molecule has 190 valence electrons. The maximum absolute atomic E-state index is 11.8. The summed E-state index contributed by atoms with van der Waals surface area (Å²) < 4.78 is 9.60. The maximum Gasteiger partial charge on any atom is 0.330 e. The Hall–Kier alpha value is -2.11. The third-order valence-corrected chi connectivity index (χ3v) is 5.55. The fraction of sp³-hybridized carbons (Fsp3) is 0.741. The van der Waals surface area contributed by atoms with E-state index in [0.717, 1.165) is 25.3 Å². The second kappa shape index (κ2) is 23.1. The summed E-state index contributed by atoms with van der Waals surface area (Å²) in [7, 11) is 0. The number of carboxylic acids is 1. The number of rotatable bonds is 23. The molecular formula is C27H46O6. The molecule has 0 aliphatic heterocycles. The second-order valence-electron chi connectivity index (χ2n) is 8.55. The SMILES string of the molecule is C=CC(=O)OCCOC(=O)CC(/C=C/CCCCCCCCCCCCCCCC)C(=O)O. The predicted octanol–water partition coefficient (Wildman–Crippen LogP) is 6.78. The average molecular weight is 467 g/mol. The zero-order valence-corrected chi connectivity index (χ0v) is 20.7. The van der Waals surface area contributed by atoms with Gasteiger partial charge in [-0.05, 0) is 12.8 Å². The molecule has 6 heteroatoms. The van der Waals surface area contributed by atoms with Crippen LogP contribution in [0.4, 0.5) is 0 Å². The van der Waals surface area contributed by atoms with E-state index in [-0.39, 0.29) is 19.6 Å². The Kier molecular flexibility index (Phi) is 21.6. The van der Waals surface area contributed by atoms with Crippen molar-refractivity contribution in [3.05, 3.63) is 24.8 Å². The van der Waals surface area contributed by atoms with Gasteiger partial charge in [0.1, 0.15) is 13.2 Å². The van der Waals surface area contributed by atoms with Gasteiger partial charge in [-0.2, -0.15) is 0 Å². The van der Waals surface area contributed by atoms with Gasteiger partial charge in [-0.15, -0.1) is 0 Å². The third kappa shape index (κ3) is 21.5. The predicted molar refractivity (Wildman–Crippen MR) is 132 cm³/mol. The van der Waals surface area contributed by atoms with E-state index in [9.17, 15) is 19.5 Å². The van der Waals surface area contributed by atoms with Crippen LogP contribution in [0.25, 0.3) is 0 Å². The highest BCUT2D eigenvalue weighted by atomic mass is 16.6. The molecule has 0 saturated heterocycles. The van der Waals surface area contributed by atoms with Crippen LogP contribution in [-0.2, 0) is 23.9 Å². The van der Waals surface area contributed by atoms with Crippen molar-refractivity contribution < 1.29 is 29.0 Å². The number of carbonyl (C=O) groups is 3. The van der Waals surface area contributed by atoms with Crippen LogP contribution in [0.3, 0.4) is 0 Å². The third-order valence-electron chi connectivity index (χ3n) is 5.55. The number of unbranched alkanes of at least 4 members (excludes halogenated alkanes) is 14. The Balaban J connectivity index is 3.67. The molecule has 0 saturated carbocycles. The fourth-order valence-electron chi connectivity index (χ4n) is 3.55. The monoisotopic (exact) mass is 466 g/mol.